The molecule has 1 saturated heterocycles. The summed E-state index contributed by atoms with van der Waals surface area (Å²) in [5, 5.41) is 3.32. The van der Waals surface area contributed by atoms with Crippen LogP contribution in [0.2, 0.25) is 0 Å². The van der Waals surface area contributed by atoms with Crippen LogP contribution in [0.4, 0.5) is 0 Å². The molecule has 19 heavy (non-hydrogen) atoms. The summed E-state index contributed by atoms with van der Waals surface area (Å²) in [6, 6.07) is 0.141. The number of aromatic nitrogens is 1. The molecule has 0 aliphatic carbocycles. The molecule has 2 atom stereocenters. The summed E-state index contributed by atoms with van der Waals surface area (Å²) in [6.07, 6.45) is 0. The van der Waals surface area contributed by atoms with E-state index in [1.165, 1.54) is 0 Å². The molecule has 106 valence electrons. The van der Waals surface area contributed by atoms with Crippen molar-refractivity contribution in [2.24, 2.45) is 5.92 Å². The maximum Gasteiger partial charge on any atom is 0.229 e. The third-order valence-electron chi connectivity index (χ3n) is 3.47. The zero-order chi connectivity index (χ0) is 13.8. The number of rotatable bonds is 5. The molecule has 5 nitrogen and oxygen atoms in total. The quantitative estimate of drug-likeness (QED) is 0.877. The number of nitrogens with zero attached hydrogens (tertiary/aromatic N) is 2. The Morgan fingerprint density at radius 1 is 1.63 bits per heavy atom. The zero-order valence-electron chi connectivity index (χ0n) is 11.7. The van der Waals surface area contributed by atoms with Gasteiger partial charge in [0.1, 0.15) is 0 Å². The first-order valence-electron chi connectivity index (χ1n) is 6.58. The Hall–Kier alpha value is -0.980. The van der Waals surface area contributed by atoms with E-state index in [0.29, 0.717) is 19.8 Å². The molecule has 1 amide bonds. The number of aryl methyl sites for hydroxylation is 1. The Labute approximate surface area is 118 Å². The monoisotopic (exact) mass is 283 g/mol. The van der Waals surface area contributed by atoms with E-state index in [0.717, 1.165) is 17.1 Å². The molecule has 6 heteroatoms. The lowest BCUT2D eigenvalue weighted by Gasteiger charge is -2.24. The van der Waals surface area contributed by atoms with Crippen LogP contribution >= 0.6 is 11.3 Å². The van der Waals surface area contributed by atoms with Crippen LogP contribution in [0.1, 0.15) is 17.5 Å². The third-order valence-corrected chi connectivity index (χ3v) is 4.39. The number of hydrogen-bond acceptors (Lipinski definition) is 5. The Kier molecular flexibility index (Phi) is 4.90. The topological polar surface area (TPSA) is 54.5 Å². The van der Waals surface area contributed by atoms with Gasteiger partial charge >= 0.3 is 0 Å². The molecule has 1 aromatic heterocycles. The van der Waals surface area contributed by atoms with Gasteiger partial charge in [0.15, 0.2) is 0 Å². The molecule has 0 radical (unpaired) electrons. The second-order valence-corrected chi connectivity index (χ2v) is 5.80. The van der Waals surface area contributed by atoms with Gasteiger partial charge in [-0.2, -0.15) is 0 Å². The van der Waals surface area contributed by atoms with Gasteiger partial charge in [0.05, 0.1) is 36.9 Å². The van der Waals surface area contributed by atoms with Crippen LogP contribution in [-0.4, -0.2) is 48.6 Å². The molecule has 0 bridgehead atoms. The van der Waals surface area contributed by atoms with Crippen molar-refractivity contribution in [2.75, 3.05) is 26.8 Å². The molecule has 1 aliphatic heterocycles. The van der Waals surface area contributed by atoms with Gasteiger partial charge in [0.2, 0.25) is 5.91 Å². The Morgan fingerprint density at radius 2 is 2.42 bits per heavy atom. The Morgan fingerprint density at radius 3 is 3.05 bits per heavy atom. The highest BCUT2D eigenvalue weighted by atomic mass is 32.1. The smallest absolute Gasteiger partial charge is 0.229 e. The summed E-state index contributed by atoms with van der Waals surface area (Å²) in [6.45, 7) is 6.65. The second-order valence-electron chi connectivity index (χ2n) is 4.86. The predicted molar refractivity (Wildman–Crippen MR) is 75.1 cm³/mol. The Balaban J connectivity index is 1.97. The maximum absolute atomic E-state index is 12.5. The van der Waals surface area contributed by atoms with Crippen molar-refractivity contribution in [1.29, 1.82) is 0 Å². The van der Waals surface area contributed by atoms with Crippen molar-refractivity contribution < 1.29 is 9.53 Å². The van der Waals surface area contributed by atoms with E-state index < -0.39 is 0 Å². The maximum atomic E-state index is 12.5. The third kappa shape index (κ3) is 3.32. The van der Waals surface area contributed by atoms with Crippen LogP contribution in [0.15, 0.2) is 5.51 Å². The highest BCUT2D eigenvalue weighted by molar-refractivity contribution is 7.09. The fourth-order valence-corrected chi connectivity index (χ4v) is 3.14. The van der Waals surface area contributed by atoms with E-state index in [-0.39, 0.29) is 17.9 Å². The first-order valence-corrected chi connectivity index (χ1v) is 7.46. The minimum Gasteiger partial charge on any atom is -0.379 e. The molecule has 2 unspecified atom stereocenters. The van der Waals surface area contributed by atoms with E-state index >= 15 is 0 Å². The highest BCUT2D eigenvalue weighted by Gasteiger charge is 2.35. The second kappa shape index (κ2) is 6.45. The molecule has 1 aromatic rings. The van der Waals surface area contributed by atoms with E-state index in [9.17, 15) is 4.79 Å². The van der Waals surface area contributed by atoms with Crippen molar-refractivity contribution in [3.63, 3.8) is 0 Å². The zero-order valence-corrected chi connectivity index (χ0v) is 12.5. The van der Waals surface area contributed by atoms with Gasteiger partial charge in [0, 0.05) is 18.0 Å². The summed E-state index contributed by atoms with van der Waals surface area (Å²) in [5.41, 5.74) is 2.83. The van der Waals surface area contributed by atoms with Crippen molar-refractivity contribution in [2.45, 2.75) is 26.4 Å². The fourth-order valence-electron chi connectivity index (χ4n) is 2.32. The molecule has 0 spiro atoms. The minimum atomic E-state index is -0.0711. The van der Waals surface area contributed by atoms with Crippen LogP contribution in [0.5, 0.6) is 0 Å². The van der Waals surface area contributed by atoms with Crippen LogP contribution in [-0.2, 0) is 16.1 Å². The van der Waals surface area contributed by atoms with Gasteiger partial charge in [0.25, 0.3) is 0 Å². The van der Waals surface area contributed by atoms with Gasteiger partial charge in [-0.3, -0.25) is 4.79 Å². The lowest BCUT2D eigenvalue weighted by molar-refractivity contribution is -0.135. The summed E-state index contributed by atoms with van der Waals surface area (Å²) < 4.78 is 5.43. The first kappa shape index (κ1) is 14.4. The highest BCUT2D eigenvalue weighted by Crippen LogP contribution is 2.19. The summed E-state index contributed by atoms with van der Waals surface area (Å²) >= 11 is 1.60. The standard InChI is InChI=1S/C13H21N3O2S/c1-4-14-11-7-18-6-10(11)13(17)16(3)5-12-9(2)15-8-19-12/h8,10-11,14H,4-7H2,1-3H3. The SMILES string of the molecule is CCNC1COCC1C(=O)N(C)Cc1scnc1C. The van der Waals surface area contributed by atoms with Crippen LogP contribution in [0.25, 0.3) is 0 Å². The first-order chi connectivity index (χ1) is 9.13. The molecule has 1 N–H and O–H groups in total. The molecular formula is C13H21N3O2S. The fraction of sp³-hybridized carbons (Fsp3) is 0.692. The van der Waals surface area contributed by atoms with Crippen LogP contribution < -0.4 is 5.32 Å². The molecule has 0 saturated carbocycles. The molecule has 2 rings (SSSR count). The van der Waals surface area contributed by atoms with Crippen LogP contribution in [0.3, 0.4) is 0 Å². The summed E-state index contributed by atoms with van der Waals surface area (Å²) in [4.78, 5) is 19.6. The number of hydrogen-bond donors (Lipinski definition) is 1. The predicted octanol–water partition coefficient (Wildman–Crippen LogP) is 1.03. The largest absolute Gasteiger partial charge is 0.379 e. The average Bonchev–Trinajstić information content (AvgIpc) is 2.99. The molecule has 0 aromatic carbocycles. The number of carbonyl (C=O) groups excluding carboxylic acids is 1. The number of ether oxygens (including phenoxy) is 1. The minimum absolute atomic E-state index is 0.0711. The van der Waals surface area contributed by atoms with Gasteiger partial charge < -0.3 is 15.0 Å². The van der Waals surface area contributed by atoms with Crippen LogP contribution in [0, 0.1) is 12.8 Å². The van der Waals surface area contributed by atoms with Gasteiger partial charge in [-0.25, -0.2) is 4.98 Å². The molecule has 1 fully saturated rings. The Bertz CT molecular complexity index is 435. The normalized spacial score (nSPS) is 22.7. The molecule has 1 aliphatic rings. The lowest BCUT2D eigenvalue weighted by atomic mass is 10.0. The van der Waals surface area contributed by atoms with E-state index in [1.807, 2.05) is 26.4 Å². The number of thiazole rings is 1. The average molecular weight is 283 g/mol. The lowest BCUT2D eigenvalue weighted by Crippen LogP contribution is -2.44. The number of carbonyl (C=O) groups is 1. The van der Waals surface area contributed by atoms with Crippen molar-refractivity contribution in [3.05, 3.63) is 16.1 Å². The van der Waals surface area contributed by atoms with Gasteiger partial charge in [-0.05, 0) is 13.5 Å². The number of nitrogens with one attached hydrogen (secondary N) is 1. The van der Waals surface area contributed by atoms with E-state index in [2.05, 4.69) is 10.3 Å². The number of amides is 1. The van der Waals surface area contributed by atoms with E-state index in [4.69, 9.17) is 4.74 Å². The number of likely N-dealkylation sites (N-methyl/N-ethyl adjacent to an activating group) is 1. The van der Waals surface area contributed by atoms with E-state index in [1.54, 1.807) is 16.2 Å². The van der Waals surface area contributed by atoms with Gasteiger partial charge in [-0.15, -0.1) is 11.3 Å². The van der Waals surface area contributed by atoms with Gasteiger partial charge in [-0.1, -0.05) is 6.92 Å². The van der Waals surface area contributed by atoms with Crippen molar-refractivity contribution in [3.8, 4) is 0 Å². The summed E-state index contributed by atoms with van der Waals surface area (Å²) in [5.74, 6) is 0.0782. The van der Waals surface area contributed by atoms with Crippen molar-refractivity contribution >= 4 is 17.2 Å². The molecule has 2 heterocycles. The molecular weight excluding hydrogens is 262 g/mol. The summed E-state index contributed by atoms with van der Waals surface area (Å²) in [7, 11) is 1.85. The van der Waals surface area contributed by atoms with Crippen molar-refractivity contribution in [1.82, 2.24) is 15.2 Å².